The van der Waals surface area contributed by atoms with Crippen molar-refractivity contribution in [1.82, 2.24) is 29.8 Å². The zero-order valence-corrected chi connectivity index (χ0v) is 25.1. The predicted molar refractivity (Wildman–Crippen MR) is 159 cm³/mol. The van der Waals surface area contributed by atoms with Crippen molar-refractivity contribution in [3.05, 3.63) is 88.5 Å². The number of benzene rings is 2. The molecule has 2 aliphatic heterocycles. The van der Waals surface area contributed by atoms with Crippen molar-refractivity contribution in [2.75, 3.05) is 31.5 Å². The van der Waals surface area contributed by atoms with E-state index < -0.39 is 0 Å². The number of hydrogen-bond donors (Lipinski definition) is 1. The Balaban J connectivity index is 1.10. The third-order valence-corrected chi connectivity index (χ3v) is 9.50. The molecule has 1 N–H and O–H groups in total. The van der Waals surface area contributed by atoms with Crippen molar-refractivity contribution in [2.24, 2.45) is 16.7 Å². The van der Waals surface area contributed by atoms with Crippen molar-refractivity contribution < 1.29 is 14.0 Å². The Morgan fingerprint density at radius 2 is 1.74 bits per heavy atom. The summed E-state index contributed by atoms with van der Waals surface area (Å²) >= 11 is 3.45. The molecular formula is C31H32BrN7O3. The summed E-state index contributed by atoms with van der Waals surface area (Å²) in [5, 5.41) is 16.3. The highest BCUT2D eigenvalue weighted by molar-refractivity contribution is 9.10. The quantitative estimate of drug-likeness (QED) is 0.308. The second-order valence-corrected chi connectivity index (χ2v) is 13.4. The summed E-state index contributed by atoms with van der Waals surface area (Å²) in [6.45, 7) is 6.94. The van der Waals surface area contributed by atoms with E-state index in [9.17, 15) is 9.59 Å². The standard InChI is InChI=1S/C31H32BrN7O3/c1-30(2)12-24(30)28(41)38-18-31(19-38)17-37(27(40)21-13-33-39(15-21)14-20-6-4-3-5-7-20)16-25(31)26-35-36-29(42-26)34-23-10-8-22(32)9-11-23/h3-11,13,15,24-25H,12,14,16-19H2,1-2H3,(H,34,36)/t24-,25?/m1/s1. The third kappa shape index (κ3) is 4.99. The second-order valence-electron chi connectivity index (χ2n) is 12.5. The van der Waals surface area contributed by atoms with Gasteiger partial charge in [0.1, 0.15) is 0 Å². The maximum absolute atomic E-state index is 13.7. The van der Waals surface area contributed by atoms with Crippen molar-refractivity contribution in [1.29, 1.82) is 0 Å². The van der Waals surface area contributed by atoms with Crippen LogP contribution in [0.1, 0.15) is 48.0 Å². The van der Waals surface area contributed by atoms with Gasteiger partial charge in [-0.2, -0.15) is 5.10 Å². The van der Waals surface area contributed by atoms with Crippen molar-refractivity contribution in [2.45, 2.75) is 32.7 Å². The van der Waals surface area contributed by atoms with Crippen LogP contribution < -0.4 is 5.32 Å². The van der Waals surface area contributed by atoms with E-state index >= 15 is 0 Å². The van der Waals surface area contributed by atoms with Gasteiger partial charge in [0.05, 0.1) is 24.2 Å². The molecule has 3 fully saturated rings. The summed E-state index contributed by atoms with van der Waals surface area (Å²) in [5.74, 6) is 0.484. The summed E-state index contributed by atoms with van der Waals surface area (Å²) in [7, 11) is 0. The first-order valence-electron chi connectivity index (χ1n) is 14.2. The van der Waals surface area contributed by atoms with Crippen LogP contribution in [0.2, 0.25) is 0 Å². The number of carbonyl (C=O) groups excluding carboxylic acids is 2. The largest absolute Gasteiger partial charge is 0.407 e. The highest BCUT2D eigenvalue weighted by atomic mass is 79.9. The fraction of sp³-hybridized carbons (Fsp3) is 0.387. The first-order valence-corrected chi connectivity index (χ1v) is 15.0. The van der Waals surface area contributed by atoms with E-state index in [0.29, 0.717) is 50.2 Å². The molecule has 42 heavy (non-hydrogen) atoms. The molecule has 10 nitrogen and oxygen atoms in total. The van der Waals surface area contributed by atoms with E-state index in [4.69, 9.17) is 4.42 Å². The van der Waals surface area contributed by atoms with E-state index in [1.165, 1.54) is 0 Å². The van der Waals surface area contributed by atoms with Crippen LogP contribution in [0.5, 0.6) is 0 Å². The normalized spacial score (nSPS) is 21.8. The molecule has 0 radical (unpaired) electrons. The van der Waals surface area contributed by atoms with Gasteiger partial charge in [0.2, 0.25) is 11.8 Å². The Bertz CT molecular complexity index is 1630. The maximum atomic E-state index is 13.7. The molecule has 4 aromatic rings. The number of halogens is 1. The molecule has 0 bridgehead atoms. The zero-order chi connectivity index (χ0) is 29.1. The molecule has 1 unspecified atom stereocenters. The molecule has 7 rings (SSSR count). The number of nitrogens with zero attached hydrogens (tertiary/aromatic N) is 6. The molecule has 2 saturated heterocycles. The summed E-state index contributed by atoms with van der Waals surface area (Å²) < 4.78 is 8.88. The molecule has 2 amide bonds. The topological polar surface area (TPSA) is 109 Å². The Labute approximate surface area is 252 Å². The van der Waals surface area contributed by atoms with Gasteiger partial charge >= 0.3 is 6.01 Å². The van der Waals surface area contributed by atoms with Crippen molar-refractivity contribution in [3.63, 3.8) is 0 Å². The first kappa shape index (κ1) is 26.9. The number of aromatic nitrogens is 4. The van der Waals surface area contributed by atoms with Crippen molar-refractivity contribution in [3.8, 4) is 0 Å². The van der Waals surface area contributed by atoms with E-state index in [1.54, 1.807) is 17.1 Å². The molecule has 1 spiro atoms. The number of hydrogen-bond acceptors (Lipinski definition) is 7. The van der Waals surface area contributed by atoms with Gasteiger partial charge in [-0.05, 0) is 41.7 Å². The number of anilines is 2. The van der Waals surface area contributed by atoms with Gasteiger partial charge in [-0.3, -0.25) is 14.3 Å². The molecule has 11 heteroatoms. The molecule has 2 aromatic carbocycles. The van der Waals surface area contributed by atoms with Crippen LogP contribution in [0.3, 0.4) is 0 Å². The van der Waals surface area contributed by atoms with Crippen LogP contribution in [0.4, 0.5) is 11.7 Å². The minimum Gasteiger partial charge on any atom is -0.407 e. The lowest BCUT2D eigenvalue weighted by Gasteiger charge is -2.50. The van der Waals surface area contributed by atoms with E-state index in [0.717, 1.165) is 22.1 Å². The monoisotopic (exact) mass is 629 g/mol. The summed E-state index contributed by atoms with van der Waals surface area (Å²) in [6, 6.07) is 18.0. The van der Waals surface area contributed by atoms with Crippen LogP contribution in [0.25, 0.3) is 0 Å². The minimum absolute atomic E-state index is 0.0664. The average molecular weight is 631 g/mol. The number of nitrogens with one attached hydrogen (secondary N) is 1. The van der Waals surface area contributed by atoms with E-state index in [-0.39, 0.29) is 34.5 Å². The Hall–Kier alpha value is -3.99. The molecule has 216 valence electrons. The van der Waals surface area contributed by atoms with Gasteiger partial charge in [0.25, 0.3) is 5.91 Å². The summed E-state index contributed by atoms with van der Waals surface area (Å²) in [4.78, 5) is 30.7. The third-order valence-electron chi connectivity index (χ3n) is 8.97. The lowest BCUT2D eigenvalue weighted by molar-refractivity contribution is -0.146. The Morgan fingerprint density at radius 1 is 1.02 bits per heavy atom. The number of rotatable bonds is 7. The number of carbonyl (C=O) groups is 2. The fourth-order valence-electron chi connectivity index (χ4n) is 6.36. The van der Waals surface area contributed by atoms with E-state index in [2.05, 4.69) is 50.4 Å². The minimum atomic E-state index is -0.341. The van der Waals surface area contributed by atoms with Gasteiger partial charge < -0.3 is 19.5 Å². The summed E-state index contributed by atoms with van der Waals surface area (Å²) in [5.41, 5.74) is 2.20. The van der Waals surface area contributed by atoms with Gasteiger partial charge in [-0.1, -0.05) is 65.2 Å². The Kier molecular flexibility index (Phi) is 6.45. The van der Waals surface area contributed by atoms with Crippen LogP contribution >= 0.6 is 15.9 Å². The van der Waals surface area contributed by atoms with E-state index in [1.807, 2.05) is 64.4 Å². The lowest BCUT2D eigenvalue weighted by atomic mass is 9.71. The average Bonchev–Trinajstić information content (AvgIpc) is 3.42. The number of likely N-dealkylation sites (tertiary alicyclic amines) is 2. The highest BCUT2D eigenvalue weighted by Crippen LogP contribution is 2.55. The fourth-order valence-corrected chi connectivity index (χ4v) is 6.62. The smallest absolute Gasteiger partial charge is 0.320 e. The molecule has 2 atom stereocenters. The molecule has 4 heterocycles. The molecule has 1 saturated carbocycles. The van der Waals surface area contributed by atoms with Gasteiger partial charge in [-0.25, -0.2) is 0 Å². The molecule has 3 aliphatic rings. The Morgan fingerprint density at radius 3 is 2.45 bits per heavy atom. The zero-order valence-electron chi connectivity index (χ0n) is 23.5. The molecule has 2 aromatic heterocycles. The predicted octanol–water partition coefficient (Wildman–Crippen LogP) is 4.93. The SMILES string of the molecule is CC1(C)C[C@@H]1C(=O)N1CC2(CN(C(=O)c3cnn(Cc4ccccc4)c3)CC2c2nnc(Nc3ccc(Br)cc3)o2)C1. The molecular weight excluding hydrogens is 598 g/mol. The number of amides is 2. The van der Waals surface area contributed by atoms with Gasteiger partial charge in [0.15, 0.2) is 0 Å². The highest BCUT2D eigenvalue weighted by Gasteiger charge is 2.61. The van der Waals surface area contributed by atoms with Gasteiger partial charge in [0, 0.05) is 53.9 Å². The van der Waals surface area contributed by atoms with Crippen LogP contribution in [0.15, 0.2) is 75.9 Å². The lowest BCUT2D eigenvalue weighted by Crippen LogP contribution is -2.62. The second kappa shape index (κ2) is 10.1. The van der Waals surface area contributed by atoms with Gasteiger partial charge in [-0.15, -0.1) is 5.10 Å². The van der Waals surface area contributed by atoms with Crippen LogP contribution in [0, 0.1) is 16.7 Å². The summed E-state index contributed by atoms with van der Waals surface area (Å²) in [6.07, 6.45) is 4.35. The van der Waals surface area contributed by atoms with Crippen molar-refractivity contribution >= 4 is 39.4 Å². The van der Waals surface area contributed by atoms with Crippen LogP contribution in [-0.4, -0.2) is 67.8 Å². The van der Waals surface area contributed by atoms with Crippen LogP contribution in [-0.2, 0) is 11.3 Å². The molecule has 1 aliphatic carbocycles. The maximum Gasteiger partial charge on any atom is 0.320 e. The first-order chi connectivity index (χ1) is 20.2.